The van der Waals surface area contributed by atoms with Crippen molar-refractivity contribution in [2.24, 2.45) is 5.92 Å². The van der Waals surface area contributed by atoms with Crippen molar-refractivity contribution in [1.82, 2.24) is 25.1 Å². The van der Waals surface area contributed by atoms with E-state index in [-0.39, 0.29) is 24.5 Å². The summed E-state index contributed by atoms with van der Waals surface area (Å²) in [4.78, 5) is 16.2. The van der Waals surface area contributed by atoms with E-state index in [0.29, 0.717) is 25.3 Å². The standard InChI is InChI=1S/C13H17N5O2S/c1-9-7-17(5-4-10(9)19)12(20)8-18-15-13(14-16-18)11-3-2-6-21-11/h2-3,6,9-10,19H,4-5,7-8H2,1H3. The number of rotatable bonds is 3. The minimum absolute atomic E-state index is 0.0381. The highest BCUT2D eigenvalue weighted by Gasteiger charge is 2.27. The molecule has 3 rings (SSSR count). The molecule has 8 heteroatoms. The molecule has 1 saturated heterocycles. The van der Waals surface area contributed by atoms with Crippen LogP contribution in [0.4, 0.5) is 0 Å². The van der Waals surface area contributed by atoms with Gasteiger partial charge in [-0.3, -0.25) is 4.79 Å². The molecular formula is C13H17N5O2S. The maximum Gasteiger partial charge on any atom is 0.246 e. The van der Waals surface area contributed by atoms with Gasteiger partial charge in [0.25, 0.3) is 0 Å². The maximum absolute atomic E-state index is 12.2. The molecular weight excluding hydrogens is 290 g/mol. The molecule has 1 aliphatic heterocycles. The van der Waals surface area contributed by atoms with Crippen molar-refractivity contribution in [2.45, 2.75) is 26.0 Å². The molecule has 0 aliphatic carbocycles. The summed E-state index contributed by atoms with van der Waals surface area (Å²) in [5.74, 6) is 0.609. The van der Waals surface area contributed by atoms with Gasteiger partial charge >= 0.3 is 0 Å². The Balaban J connectivity index is 1.63. The molecule has 1 amide bonds. The second-order valence-electron chi connectivity index (χ2n) is 5.29. The molecule has 1 fully saturated rings. The van der Waals surface area contributed by atoms with Gasteiger partial charge in [0, 0.05) is 13.1 Å². The third-order valence-corrected chi connectivity index (χ3v) is 4.55. The number of carbonyl (C=O) groups is 1. The molecule has 2 unspecified atom stereocenters. The normalized spacial score (nSPS) is 22.5. The number of tetrazole rings is 1. The summed E-state index contributed by atoms with van der Waals surface area (Å²) in [6, 6.07) is 3.84. The Morgan fingerprint density at radius 1 is 1.57 bits per heavy atom. The first kappa shape index (κ1) is 14.2. The van der Waals surface area contributed by atoms with E-state index in [0.717, 1.165) is 4.88 Å². The summed E-state index contributed by atoms with van der Waals surface area (Å²) in [6.45, 7) is 3.19. The summed E-state index contributed by atoms with van der Waals surface area (Å²) in [7, 11) is 0. The topological polar surface area (TPSA) is 84.1 Å². The summed E-state index contributed by atoms with van der Waals surface area (Å²) in [5.41, 5.74) is 0. The Labute approximate surface area is 126 Å². The van der Waals surface area contributed by atoms with Gasteiger partial charge in [0.05, 0.1) is 11.0 Å². The first-order valence-electron chi connectivity index (χ1n) is 6.91. The lowest BCUT2D eigenvalue weighted by atomic mass is 9.97. The number of hydrogen-bond donors (Lipinski definition) is 1. The van der Waals surface area contributed by atoms with Gasteiger partial charge in [-0.1, -0.05) is 13.0 Å². The average Bonchev–Trinajstić information content (AvgIpc) is 3.12. The van der Waals surface area contributed by atoms with Crippen LogP contribution in [0.3, 0.4) is 0 Å². The molecule has 7 nitrogen and oxygen atoms in total. The van der Waals surface area contributed by atoms with Crippen molar-refractivity contribution in [3.8, 4) is 10.7 Å². The van der Waals surface area contributed by atoms with Crippen LogP contribution >= 0.6 is 11.3 Å². The van der Waals surface area contributed by atoms with E-state index in [4.69, 9.17) is 0 Å². The first-order chi connectivity index (χ1) is 10.1. The maximum atomic E-state index is 12.2. The summed E-state index contributed by atoms with van der Waals surface area (Å²) in [6.07, 6.45) is 0.307. The van der Waals surface area contributed by atoms with E-state index in [1.165, 1.54) is 16.1 Å². The highest BCUT2D eigenvalue weighted by Crippen LogP contribution is 2.20. The number of nitrogens with zero attached hydrogens (tertiary/aromatic N) is 5. The van der Waals surface area contributed by atoms with Gasteiger partial charge < -0.3 is 10.0 Å². The highest BCUT2D eigenvalue weighted by molar-refractivity contribution is 7.13. The van der Waals surface area contributed by atoms with Crippen LogP contribution in [0.2, 0.25) is 0 Å². The number of piperidine rings is 1. The van der Waals surface area contributed by atoms with Crippen LogP contribution in [0.5, 0.6) is 0 Å². The minimum atomic E-state index is -0.316. The van der Waals surface area contributed by atoms with Gasteiger partial charge in [0.15, 0.2) is 0 Å². The van der Waals surface area contributed by atoms with E-state index < -0.39 is 0 Å². The van der Waals surface area contributed by atoms with Crippen LogP contribution in [-0.2, 0) is 11.3 Å². The molecule has 0 bridgehead atoms. The van der Waals surface area contributed by atoms with Crippen LogP contribution in [0, 0.1) is 5.92 Å². The highest BCUT2D eigenvalue weighted by atomic mass is 32.1. The first-order valence-corrected chi connectivity index (χ1v) is 7.79. The molecule has 21 heavy (non-hydrogen) atoms. The molecule has 2 aromatic rings. The lowest BCUT2D eigenvalue weighted by Gasteiger charge is -2.34. The zero-order valence-corrected chi connectivity index (χ0v) is 12.5. The van der Waals surface area contributed by atoms with E-state index in [2.05, 4.69) is 15.4 Å². The molecule has 1 aliphatic rings. The van der Waals surface area contributed by atoms with Gasteiger partial charge in [-0.25, -0.2) is 0 Å². The Morgan fingerprint density at radius 3 is 3.14 bits per heavy atom. The Bertz CT molecular complexity index is 612. The smallest absolute Gasteiger partial charge is 0.246 e. The van der Waals surface area contributed by atoms with Crippen molar-refractivity contribution in [3.05, 3.63) is 17.5 Å². The average molecular weight is 307 g/mol. The fraction of sp³-hybridized carbons (Fsp3) is 0.538. The minimum Gasteiger partial charge on any atom is -0.393 e. The predicted molar refractivity (Wildman–Crippen MR) is 77.5 cm³/mol. The van der Waals surface area contributed by atoms with Crippen molar-refractivity contribution < 1.29 is 9.90 Å². The van der Waals surface area contributed by atoms with Gasteiger partial charge in [0.2, 0.25) is 11.7 Å². The number of aliphatic hydroxyl groups is 1. The lowest BCUT2D eigenvalue weighted by molar-refractivity contribution is -0.135. The molecule has 2 atom stereocenters. The van der Waals surface area contributed by atoms with Crippen molar-refractivity contribution in [2.75, 3.05) is 13.1 Å². The van der Waals surface area contributed by atoms with E-state index in [1.807, 2.05) is 24.4 Å². The Kier molecular flexibility index (Phi) is 3.98. The summed E-state index contributed by atoms with van der Waals surface area (Å²) < 4.78 is 0. The number of likely N-dealkylation sites (tertiary alicyclic amines) is 1. The summed E-state index contributed by atoms with van der Waals surface area (Å²) in [5, 5.41) is 23.8. The van der Waals surface area contributed by atoms with Crippen LogP contribution in [0.1, 0.15) is 13.3 Å². The zero-order valence-electron chi connectivity index (χ0n) is 11.7. The fourth-order valence-corrected chi connectivity index (χ4v) is 3.04. The molecule has 0 spiro atoms. The van der Waals surface area contributed by atoms with E-state index in [9.17, 15) is 9.90 Å². The van der Waals surface area contributed by atoms with E-state index >= 15 is 0 Å². The second-order valence-corrected chi connectivity index (χ2v) is 6.24. The summed E-state index contributed by atoms with van der Waals surface area (Å²) >= 11 is 1.54. The third kappa shape index (κ3) is 3.11. The Morgan fingerprint density at radius 2 is 2.43 bits per heavy atom. The van der Waals surface area contributed by atoms with Gasteiger partial charge in [0.1, 0.15) is 6.54 Å². The molecule has 2 aromatic heterocycles. The number of aliphatic hydroxyl groups excluding tert-OH is 1. The molecule has 0 radical (unpaired) electrons. The van der Waals surface area contributed by atoms with Crippen LogP contribution in [0.15, 0.2) is 17.5 Å². The van der Waals surface area contributed by atoms with Crippen LogP contribution < -0.4 is 0 Å². The van der Waals surface area contributed by atoms with Gasteiger partial charge in [-0.15, -0.1) is 21.5 Å². The van der Waals surface area contributed by atoms with Crippen LogP contribution in [-0.4, -0.2) is 55.3 Å². The molecule has 1 N–H and O–H groups in total. The zero-order chi connectivity index (χ0) is 14.8. The predicted octanol–water partition coefficient (Wildman–Crippen LogP) is 0.631. The van der Waals surface area contributed by atoms with Crippen molar-refractivity contribution >= 4 is 17.2 Å². The van der Waals surface area contributed by atoms with Crippen LogP contribution in [0.25, 0.3) is 10.7 Å². The lowest BCUT2D eigenvalue weighted by Crippen LogP contribution is -2.46. The number of thiophene rings is 1. The number of carbonyl (C=O) groups excluding carboxylic acids is 1. The quantitative estimate of drug-likeness (QED) is 0.899. The molecule has 112 valence electrons. The third-order valence-electron chi connectivity index (χ3n) is 3.68. The second kappa shape index (κ2) is 5.90. The van der Waals surface area contributed by atoms with Gasteiger partial charge in [-0.05, 0) is 29.0 Å². The molecule has 0 saturated carbocycles. The SMILES string of the molecule is CC1CN(C(=O)Cn2nnc(-c3cccs3)n2)CCC1O. The fourth-order valence-electron chi connectivity index (χ4n) is 2.40. The number of aromatic nitrogens is 4. The largest absolute Gasteiger partial charge is 0.393 e. The molecule has 3 heterocycles. The number of hydrogen-bond acceptors (Lipinski definition) is 6. The Hall–Kier alpha value is -1.80. The van der Waals surface area contributed by atoms with E-state index in [1.54, 1.807) is 4.90 Å². The number of amides is 1. The molecule has 0 aromatic carbocycles. The van der Waals surface area contributed by atoms with Crippen molar-refractivity contribution in [1.29, 1.82) is 0 Å². The monoisotopic (exact) mass is 307 g/mol. The van der Waals surface area contributed by atoms with Gasteiger partial charge in [-0.2, -0.15) is 4.80 Å². The van der Waals surface area contributed by atoms with Crippen molar-refractivity contribution in [3.63, 3.8) is 0 Å².